The zero-order valence-corrected chi connectivity index (χ0v) is 17.4. The van der Waals surface area contributed by atoms with Crippen molar-refractivity contribution in [2.75, 3.05) is 13.1 Å². The summed E-state index contributed by atoms with van der Waals surface area (Å²) < 4.78 is 1.75. The van der Waals surface area contributed by atoms with Gasteiger partial charge in [-0.05, 0) is 67.2 Å². The quantitative estimate of drug-likeness (QED) is 0.668. The van der Waals surface area contributed by atoms with Crippen LogP contribution in [0, 0.1) is 0 Å². The molecule has 0 spiro atoms. The van der Waals surface area contributed by atoms with E-state index in [1.807, 2.05) is 0 Å². The smallest absolute Gasteiger partial charge is 0.278 e. The van der Waals surface area contributed by atoms with Crippen molar-refractivity contribution in [1.82, 2.24) is 19.1 Å². The fourth-order valence-electron chi connectivity index (χ4n) is 3.25. The maximum Gasteiger partial charge on any atom is 0.278 e. The Labute approximate surface area is 182 Å². The summed E-state index contributed by atoms with van der Waals surface area (Å²) in [6.45, 7) is 1.31. The monoisotopic (exact) mass is 436 g/mol. The van der Waals surface area contributed by atoms with Crippen LogP contribution in [0.15, 0.2) is 53.8 Å². The Bertz CT molecular complexity index is 1180. The van der Waals surface area contributed by atoms with Crippen LogP contribution in [0.25, 0.3) is 5.69 Å². The molecule has 9 nitrogen and oxygen atoms in total. The Balaban J connectivity index is 1.76. The van der Waals surface area contributed by atoms with Gasteiger partial charge in [-0.15, -0.1) is 5.10 Å². The van der Waals surface area contributed by atoms with Crippen molar-refractivity contribution in [3.63, 3.8) is 0 Å². The fraction of sp³-hybridized carbons (Fsp3) is 0.238. The highest BCUT2D eigenvalue weighted by Crippen LogP contribution is 2.14. The normalized spacial score (nSPS) is 14.5. The van der Waals surface area contributed by atoms with E-state index in [1.165, 1.54) is 16.5 Å². The molecule has 3 aromatic rings. The van der Waals surface area contributed by atoms with Crippen LogP contribution in [0.1, 0.15) is 50.5 Å². The number of carbonyl (C=O) groups excluding carboxylic acids is 3. The molecule has 1 fully saturated rings. The Hall–Kier alpha value is -3.66. The van der Waals surface area contributed by atoms with Crippen LogP contribution in [-0.4, -0.2) is 49.9 Å². The van der Waals surface area contributed by atoms with E-state index in [0.29, 0.717) is 29.9 Å². The molecule has 1 saturated heterocycles. The third-order valence-electron chi connectivity index (χ3n) is 4.92. The number of piperidine rings is 1. The van der Waals surface area contributed by atoms with E-state index in [0.717, 1.165) is 30.8 Å². The summed E-state index contributed by atoms with van der Waals surface area (Å²) in [5.74, 6) is -1.25. The number of pyridine rings is 1. The number of aromatic nitrogens is 3. The van der Waals surface area contributed by atoms with Gasteiger partial charge in [0.25, 0.3) is 11.8 Å². The van der Waals surface area contributed by atoms with E-state index in [1.54, 1.807) is 41.3 Å². The van der Waals surface area contributed by atoms with E-state index >= 15 is 0 Å². The van der Waals surface area contributed by atoms with Gasteiger partial charge in [0.2, 0.25) is 5.91 Å². The van der Waals surface area contributed by atoms with Gasteiger partial charge in [0.15, 0.2) is 10.4 Å². The molecule has 31 heavy (non-hydrogen) atoms. The van der Waals surface area contributed by atoms with Gasteiger partial charge < -0.3 is 10.6 Å². The summed E-state index contributed by atoms with van der Waals surface area (Å²) in [4.78, 5) is 46.9. The summed E-state index contributed by atoms with van der Waals surface area (Å²) >= 11 is 1.08. The molecular formula is C21H20N6O3S. The number of primary amides is 1. The van der Waals surface area contributed by atoms with Crippen molar-refractivity contribution in [2.24, 2.45) is 10.7 Å². The van der Waals surface area contributed by atoms with Crippen molar-refractivity contribution >= 4 is 29.3 Å². The van der Waals surface area contributed by atoms with Crippen molar-refractivity contribution in [2.45, 2.75) is 19.3 Å². The molecular weight excluding hydrogens is 416 g/mol. The van der Waals surface area contributed by atoms with Crippen LogP contribution < -0.4 is 10.4 Å². The molecule has 0 aliphatic carbocycles. The Morgan fingerprint density at radius 2 is 1.61 bits per heavy atom. The minimum atomic E-state index is -0.532. The van der Waals surface area contributed by atoms with E-state index < -0.39 is 11.8 Å². The number of nitrogens with two attached hydrogens (primary N) is 1. The zero-order valence-electron chi connectivity index (χ0n) is 16.6. The number of hydrogen-bond acceptors (Lipinski definition) is 6. The summed E-state index contributed by atoms with van der Waals surface area (Å²) in [6.07, 6.45) is 5.98. The first-order valence-electron chi connectivity index (χ1n) is 9.82. The lowest BCUT2D eigenvalue weighted by Gasteiger charge is -2.25. The SMILES string of the molecule is NC(=O)c1ccc(-n2nc(C(=O)N3CCCCC3)c(=NC(=O)c3ccncc3)s2)cc1. The number of carbonyl (C=O) groups is 3. The Morgan fingerprint density at radius 3 is 2.26 bits per heavy atom. The minimum absolute atomic E-state index is 0.133. The second-order valence-electron chi connectivity index (χ2n) is 7.03. The molecule has 2 N–H and O–H groups in total. The fourth-order valence-corrected chi connectivity index (χ4v) is 4.10. The highest BCUT2D eigenvalue weighted by Gasteiger charge is 2.24. The number of amides is 3. The molecule has 1 aliphatic rings. The van der Waals surface area contributed by atoms with Gasteiger partial charge in [-0.25, -0.2) is 0 Å². The first-order valence-corrected chi connectivity index (χ1v) is 10.6. The second-order valence-corrected chi connectivity index (χ2v) is 7.95. The number of likely N-dealkylation sites (tertiary alicyclic amines) is 1. The Morgan fingerprint density at radius 1 is 0.935 bits per heavy atom. The van der Waals surface area contributed by atoms with Gasteiger partial charge in [-0.1, -0.05) is 0 Å². The molecule has 158 valence electrons. The van der Waals surface area contributed by atoms with E-state index in [4.69, 9.17) is 5.73 Å². The third kappa shape index (κ3) is 4.58. The molecule has 2 aromatic heterocycles. The summed E-state index contributed by atoms with van der Waals surface area (Å²) in [7, 11) is 0. The third-order valence-corrected chi connectivity index (χ3v) is 5.84. The first-order chi connectivity index (χ1) is 15.0. The molecule has 1 aromatic carbocycles. The van der Waals surface area contributed by atoms with Gasteiger partial charge in [0, 0.05) is 36.6 Å². The minimum Gasteiger partial charge on any atom is -0.366 e. The maximum absolute atomic E-state index is 13.1. The average molecular weight is 436 g/mol. The van der Waals surface area contributed by atoms with Gasteiger partial charge >= 0.3 is 0 Å². The maximum atomic E-state index is 13.1. The summed E-state index contributed by atoms with van der Waals surface area (Å²) in [5.41, 5.74) is 6.79. The van der Waals surface area contributed by atoms with Gasteiger partial charge in [0.1, 0.15) is 0 Å². The predicted molar refractivity (Wildman–Crippen MR) is 114 cm³/mol. The number of benzene rings is 1. The number of rotatable bonds is 4. The van der Waals surface area contributed by atoms with E-state index in [2.05, 4.69) is 15.1 Å². The van der Waals surface area contributed by atoms with Crippen LogP contribution in [-0.2, 0) is 0 Å². The number of hydrogen-bond donors (Lipinski definition) is 1. The second kappa shape index (κ2) is 9.00. The summed E-state index contributed by atoms with van der Waals surface area (Å²) in [6, 6.07) is 9.64. The van der Waals surface area contributed by atoms with E-state index in [9.17, 15) is 14.4 Å². The average Bonchev–Trinajstić information content (AvgIpc) is 3.23. The van der Waals surface area contributed by atoms with Gasteiger partial charge in [-0.3, -0.25) is 19.4 Å². The standard InChI is InChI=1S/C21H20N6O3S/c22-18(28)14-4-6-16(7-5-14)27-25-17(21(30)26-12-2-1-3-13-26)20(31-27)24-19(29)15-8-10-23-11-9-15/h4-11H,1-3,12-13H2,(H2,22,28). The van der Waals surface area contributed by atoms with Crippen LogP contribution in [0.5, 0.6) is 0 Å². The van der Waals surface area contributed by atoms with Crippen molar-refractivity contribution < 1.29 is 14.4 Å². The molecule has 4 rings (SSSR count). The van der Waals surface area contributed by atoms with Crippen LogP contribution >= 0.6 is 11.5 Å². The molecule has 1 aliphatic heterocycles. The molecule has 3 amide bonds. The molecule has 0 unspecified atom stereocenters. The van der Waals surface area contributed by atoms with Crippen molar-refractivity contribution in [1.29, 1.82) is 0 Å². The Kier molecular flexibility index (Phi) is 5.99. The van der Waals surface area contributed by atoms with Crippen LogP contribution in [0.3, 0.4) is 0 Å². The van der Waals surface area contributed by atoms with Gasteiger partial charge in [-0.2, -0.15) is 9.06 Å². The topological polar surface area (TPSA) is 124 Å². The van der Waals surface area contributed by atoms with Crippen molar-refractivity contribution in [3.05, 3.63) is 70.3 Å². The highest BCUT2D eigenvalue weighted by molar-refractivity contribution is 7.04. The van der Waals surface area contributed by atoms with Crippen LogP contribution in [0.2, 0.25) is 0 Å². The lowest BCUT2D eigenvalue weighted by molar-refractivity contribution is 0.0716. The summed E-state index contributed by atoms with van der Waals surface area (Å²) in [5, 5.41) is 4.45. The molecule has 0 atom stereocenters. The molecule has 0 bridgehead atoms. The molecule has 3 heterocycles. The lowest BCUT2D eigenvalue weighted by Crippen LogP contribution is -2.38. The van der Waals surface area contributed by atoms with Crippen molar-refractivity contribution in [3.8, 4) is 5.69 Å². The highest BCUT2D eigenvalue weighted by atomic mass is 32.1. The molecule has 10 heteroatoms. The van der Waals surface area contributed by atoms with Crippen LogP contribution in [0.4, 0.5) is 0 Å². The number of nitrogens with zero attached hydrogens (tertiary/aromatic N) is 5. The van der Waals surface area contributed by atoms with Gasteiger partial charge in [0.05, 0.1) is 5.69 Å². The zero-order chi connectivity index (χ0) is 21.8. The van der Waals surface area contributed by atoms with E-state index in [-0.39, 0.29) is 16.3 Å². The lowest BCUT2D eigenvalue weighted by atomic mass is 10.1. The molecule has 0 saturated carbocycles. The largest absolute Gasteiger partial charge is 0.366 e. The first kappa shape index (κ1) is 20.6. The molecule has 0 radical (unpaired) electrons. The predicted octanol–water partition coefficient (Wildman–Crippen LogP) is 1.79.